The second-order valence-corrected chi connectivity index (χ2v) is 5.19. The molecule has 0 saturated heterocycles. The maximum atomic E-state index is 13.1. The molecule has 0 bridgehead atoms. The van der Waals surface area contributed by atoms with E-state index in [0.717, 1.165) is 0 Å². The van der Waals surface area contributed by atoms with E-state index in [4.69, 9.17) is 0 Å². The standard InChI is InChI=1S/C18H15FN4O/c1-12-10-14(19)6-7-16(12)23-17(24)13-4-2-5-15(11-13)22-18-20-8-3-9-21-18/h2-11H,1H3,(H,23,24)(H,20,21,22). The largest absolute Gasteiger partial charge is 0.324 e. The first-order valence-corrected chi connectivity index (χ1v) is 7.33. The van der Waals surface area contributed by atoms with Crippen molar-refractivity contribution in [3.63, 3.8) is 0 Å². The summed E-state index contributed by atoms with van der Waals surface area (Å²) in [5.41, 5.74) is 2.41. The summed E-state index contributed by atoms with van der Waals surface area (Å²) in [5.74, 6) is -0.161. The second kappa shape index (κ2) is 6.87. The van der Waals surface area contributed by atoms with Crippen LogP contribution in [0, 0.1) is 12.7 Å². The SMILES string of the molecule is Cc1cc(F)ccc1NC(=O)c1cccc(Nc2ncccn2)c1. The number of carbonyl (C=O) groups is 1. The highest BCUT2D eigenvalue weighted by Crippen LogP contribution is 2.19. The molecule has 3 aromatic rings. The van der Waals surface area contributed by atoms with Crippen molar-refractivity contribution in [2.24, 2.45) is 0 Å². The molecule has 0 saturated carbocycles. The van der Waals surface area contributed by atoms with Crippen molar-refractivity contribution in [3.05, 3.63) is 77.9 Å². The summed E-state index contributed by atoms with van der Waals surface area (Å²) in [7, 11) is 0. The van der Waals surface area contributed by atoms with E-state index < -0.39 is 0 Å². The number of nitrogens with zero attached hydrogens (tertiary/aromatic N) is 2. The number of carbonyl (C=O) groups excluding carboxylic acids is 1. The number of benzene rings is 2. The van der Waals surface area contributed by atoms with Gasteiger partial charge in [-0.2, -0.15) is 0 Å². The number of hydrogen-bond acceptors (Lipinski definition) is 4. The highest BCUT2D eigenvalue weighted by Gasteiger charge is 2.09. The highest BCUT2D eigenvalue weighted by molar-refractivity contribution is 6.05. The second-order valence-electron chi connectivity index (χ2n) is 5.19. The maximum Gasteiger partial charge on any atom is 0.255 e. The van der Waals surface area contributed by atoms with Gasteiger partial charge in [0.15, 0.2) is 0 Å². The van der Waals surface area contributed by atoms with E-state index in [1.165, 1.54) is 12.1 Å². The van der Waals surface area contributed by atoms with E-state index in [0.29, 0.717) is 28.5 Å². The summed E-state index contributed by atoms with van der Waals surface area (Å²) in [6, 6.07) is 12.9. The normalized spacial score (nSPS) is 10.2. The van der Waals surface area contributed by atoms with E-state index in [1.807, 2.05) is 6.07 Å². The number of halogens is 1. The van der Waals surface area contributed by atoms with Crippen LogP contribution in [0.25, 0.3) is 0 Å². The molecule has 1 amide bonds. The zero-order chi connectivity index (χ0) is 16.9. The Balaban J connectivity index is 1.77. The molecular weight excluding hydrogens is 307 g/mol. The van der Waals surface area contributed by atoms with Crippen LogP contribution >= 0.6 is 0 Å². The van der Waals surface area contributed by atoms with Gasteiger partial charge in [-0.05, 0) is 55.0 Å². The number of aromatic nitrogens is 2. The van der Waals surface area contributed by atoms with E-state index in [1.54, 1.807) is 49.6 Å². The smallest absolute Gasteiger partial charge is 0.255 e. The third-order valence-electron chi connectivity index (χ3n) is 3.38. The Morgan fingerprint density at radius 2 is 1.83 bits per heavy atom. The molecule has 24 heavy (non-hydrogen) atoms. The van der Waals surface area contributed by atoms with Crippen LogP contribution in [0.3, 0.4) is 0 Å². The third kappa shape index (κ3) is 3.73. The van der Waals surface area contributed by atoms with Crippen LogP contribution in [-0.4, -0.2) is 15.9 Å². The van der Waals surface area contributed by atoms with Crippen molar-refractivity contribution in [1.82, 2.24) is 9.97 Å². The van der Waals surface area contributed by atoms with Gasteiger partial charge in [0.25, 0.3) is 5.91 Å². The van der Waals surface area contributed by atoms with E-state index >= 15 is 0 Å². The van der Waals surface area contributed by atoms with Crippen LogP contribution in [0.4, 0.5) is 21.7 Å². The minimum Gasteiger partial charge on any atom is -0.324 e. The van der Waals surface area contributed by atoms with Crippen molar-refractivity contribution in [2.75, 3.05) is 10.6 Å². The zero-order valence-corrected chi connectivity index (χ0v) is 13.0. The Hall–Kier alpha value is -3.28. The third-order valence-corrected chi connectivity index (χ3v) is 3.38. The summed E-state index contributed by atoms with van der Waals surface area (Å²) < 4.78 is 13.1. The van der Waals surface area contributed by atoms with Crippen molar-refractivity contribution in [1.29, 1.82) is 0 Å². The van der Waals surface area contributed by atoms with Crippen molar-refractivity contribution in [2.45, 2.75) is 6.92 Å². The van der Waals surface area contributed by atoms with Crippen LogP contribution in [0.1, 0.15) is 15.9 Å². The Labute approximate surface area is 138 Å². The number of aryl methyl sites for hydroxylation is 1. The van der Waals surface area contributed by atoms with E-state index in [2.05, 4.69) is 20.6 Å². The molecule has 5 nitrogen and oxygen atoms in total. The summed E-state index contributed by atoms with van der Waals surface area (Å²) in [5, 5.41) is 5.81. The average Bonchev–Trinajstić information content (AvgIpc) is 2.58. The van der Waals surface area contributed by atoms with Gasteiger partial charge < -0.3 is 10.6 Å². The lowest BCUT2D eigenvalue weighted by Gasteiger charge is -2.10. The molecule has 2 N–H and O–H groups in total. The Morgan fingerprint density at radius 1 is 1.04 bits per heavy atom. The predicted molar refractivity (Wildman–Crippen MR) is 90.8 cm³/mol. The fraction of sp³-hybridized carbons (Fsp3) is 0.0556. The molecule has 0 radical (unpaired) electrons. The molecule has 1 heterocycles. The van der Waals surface area contributed by atoms with E-state index in [9.17, 15) is 9.18 Å². The molecule has 0 aliphatic rings. The summed E-state index contributed by atoms with van der Waals surface area (Å²) in [6.07, 6.45) is 3.26. The fourth-order valence-corrected chi connectivity index (χ4v) is 2.19. The van der Waals surface area contributed by atoms with Gasteiger partial charge in [0.1, 0.15) is 5.82 Å². The van der Waals surface area contributed by atoms with Crippen molar-refractivity contribution >= 4 is 23.2 Å². The molecule has 2 aromatic carbocycles. The first-order chi connectivity index (χ1) is 11.6. The predicted octanol–water partition coefficient (Wildman–Crippen LogP) is 3.92. The van der Waals surface area contributed by atoms with Gasteiger partial charge in [0.2, 0.25) is 5.95 Å². The number of hydrogen-bond donors (Lipinski definition) is 2. The van der Waals surface area contributed by atoms with Gasteiger partial charge in [0.05, 0.1) is 0 Å². The average molecular weight is 322 g/mol. The maximum absolute atomic E-state index is 13.1. The Kier molecular flexibility index (Phi) is 4.47. The fourth-order valence-electron chi connectivity index (χ4n) is 2.19. The topological polar surface area (TPSA) is 66.9 Å². The molecular formula is C18H15FN4O. The molecule has 0 aliphatic carbocycles. The van der Waals surface area contributed by atoms with Crippen molar-refractivity contribution in [3.8, 4) is 0 Å². The van der Waals surface area contributed by atoms with Crippen LogP contribution in [0.15, 0.2) is 60.9 Å². The molecule has 6 heteroatoms. The van der Waals surface area contributed by atoms with E-state index in [-0.39, 0.29) is 11.7 Å². The van der Waals surface area contributed by atoms with Gasteiger partial charge in [-0.3, -0.25) is 4.79 Å². The minimum atomic E-state index is -0.334. The van der Waals surface area contributed by atoms with Crippen LogP contribution in [-0.2, 0) is 0 Å². The summed E-state index contributed by atoms with van der Waals surface area (Å²) in [6.45, 7) is 1.74. The Bertz CT molecular complexity index is 868. The lowest BCUT2D eigenvalue weighted by molar-refractivity contribution is 0.102. The van der Waals surface area contributed by atoms with Gasteiger partial charge in [-0.15, -0.1) is 0 Å². The van der Waals surface area contributed by atoms with Crippen LogP contribution < -0.4 is 10.6 Å². The number of rotatable bonds is 4. The molecule has 0 aliphatic heterocycles. The minimum absolute atomic E-state index is 0.276. The molecule has 120 valence electrons. The first-order valence-electron chi connectivity index (χ1n) is 7.33. The van der Waals surface area contributed by atoms with Gasteiger partial charge >= 0.3 is 0 Å². The number of anilines is 3. The summed E-state index contributed by atoms with van der Waals surface area (Å²) in [4.78, 5) is 20.5. The molecule has 1 aromatic heterocycles. The molecule has 0 fully saturated rings. The summed E-state index contributed by atoms with van der Waals surface area (Å²) >= 11 is 0. The van der Waals surface area contributed by atoms with Gasteiger partial charge in [0, 0.05) is 29.3 Å². The molecule has 0 atom stereocenters. The highest BCUT2D eigenvalue weighted by atomic mass is 19.1. The zero-order valence-electron chi connectivity index (χ0n) is 13.0. The number of amides is 1. The van der Waals surface area contributed by atoms with Crippen molar-refractivity contribution < 1.29 is 9.18 Å². The lowest BCUT2D eigenvalue weighted by atomic mass is 10.1. The van der Waals surface area contributed by atoms with Crippen LogP contribution in [0.5, 0.6) is 0 Å². The quantitative estimate of drug-likeness (QED) is 0.764. The van der Waals surface area contributed by atoms with Gasteiger partial charge in [-0.1, -0.05) is 6.07 Å². The Morgan fingerprint density at radius 3 is 2.58 bits per heavy atom. The number of nitrogens with one attached hydrogen (secondary N) is 2. The molecule has 3 rings (SSSR count). The van der Waals surface area contributed by atoms with Crippen LogP contribution in [0.2, 0.25) is 0 Å². The molecule has 0 spiro atoms. The van der Waals surface area contributed by atoms with Gasteiger partial charge in [-0.25, -0.2) is 14.4 Å². The monoisotopic (exact) mass is 322 g/mol. The first kappa shape index (κ1) is 15.6. The lowest BCUT2D eigenvalue weighted by Crippen LogP contribution is -2.13. The molecule has 0 unspecified atom stereocenters.